The number of imidazole rings is 1. The summed E-state index contributed by atoms with van der Waals surface area (Å²) in [5, 5.41) is 13.0. The fourth-order valence-corrected chi connectivity index (χ4v) is 1.41. The van der Waals surface area contributed by atoms with Crippen molar-refractivity contribution in [2.45, 2.75) is 6.92 Å². The third-order valence-electron chi connectivity index (χ3n) is 1.82. The minimum Gasteiger partial charge on any atom is -0.476 e. The molecular formula is C8H6ClN3O2. The molecule has 0 aliphatic rings. The van der Waals surface area contributed by atoms with Crippen molar-refractivity contribution < 1.29 is 9.90 Å². The molecule has 0 aliphatic carbocycles. The third-order valence-corrected chi connectivity index (χ3v) is 2.02. The molecule has 0 saturated heterocycles. The van der Waals surface area contributed by atoms with Crippen molar-refractivity contribution in [1.82, 2.24) is 14.6 Å². The Morgan fingerprint density at radius 3 is 2.93 bits per heavy atom. The Bertz CT molecular complexity index is 521. The number of aromatic nitrogens is 3. The fraction of sp³-hybridized carbons (Fsp3) is 0.125. The second kappa shape index (κ2) is 2.95. The van der Waals surface area contributed by atoms with Gasteiger partial charge in [-0.2, -0.15) is 5.10 Å². The van der Waals surface area contributed by atoms with Crippen molar-refractivity contribution in [1.29, 1.82) is 0 Å². The molecule has 14 heavy (non-hydrogen) atoms. The Balaban J connectivity index is 2.86. The average Bonchev–Trinajstić information content (AvgIpc) is 2.40. The molecule has 0 saturated carbocycles. The van der Waals surface area contributed by atoms with Gasteiger partial charge in [-0.15, -0.1) is 0 Å². The molecule has 0 radical (unpaired) electrons. The fourth-order valence-electron chi connectivity index (χ4n) is 1.27. The number of fused-ring (bicyclic) bond motifs is 1. The lowest BCUT2D eigenvalue weighted by atomic mass is 10.3. The summed E-state index contributed by atoms with van der Waals surface area (Å²) in [6, 6.07) is 3.18. The minimum absolute atomic E-state index is 0.0440. The molecule has 2 heterocycles. The van der Waals surface area contributed by atoms with E-state index in [1.54, 1.807) is 19.1 Å². The van der Waals surface area contributed by atoms with Gasteiger partial charge in [0.15, 0.2) is 11.3 Å². The lowest BCUT2D eigenvalue weighted by Gasteiger charge is -1.95. The molecule has 2 rings (SSSR count). The van der Waals surface area contributed by atoms with E-state index in [2.05, 4.69) is 10.1 Å². The van der Waals surface area contributed by atoms with Gasteiger partial charge in [0.05, 0.1) is 5.69 Å². The van der Waals surface area contributed by atoms with Crippen LogP contribution in [0.4, 0.5) is 0 Å². The van der Waals surface area contributed by atoms with Crippen molar-refractivity contribution in [3.05, 3.63) is 28.7 Å². The van der Waals surface area contributed by atoms with Crippen LogP contribution in [-0.4, -0.2) is 25.7 Å². The molecule has 0 bridgehead atoms. The van der Waals surface area contributed by atoms with E-state index in [1.807, 2.05) is 0 Å². The average molecular weight is 212 g/mol. The summed E-state index contributed by atoms with van der Waals surface area (Å²) in [6.07, 6.45) is 0. The van der Waals surface area contributed by atoms with Gasteiger partial charge in [0, 0.05) is 0 Å². The number of carbonyl (C=O) groups is 1. The standard InChI is InChI=1S/C8H6ClN3O2/c1-4-7(8(13)14)12-6(10-4)3-2-5(9)11-12/h2-3H,1H3,(H,13,14). The first-order chi connectivity index (χ1) is 6.59. The van der Waals surface area contributed by atoms with Gasteiger partial charge in [-0.3, -0.25) is 0 Å². The van der Waals surface area contributed by atoms with Crippen LogP contribution in [0.25, 0.3) is 5.65 Å². The van der Waals surface area contributed by atoms with Crippen molar-refractivity contribution in [3.63, 3.8) is 0 Å². The van der Waals surface area contributed by atoms with Crippen molar-refractivity contribution in [3.8, 4) is 0 Å². The van der Waals surface area contributed by atoms with Crippen molar-refractivity contribution >= 4 is 23.2 Å². The zero-order chi connectivity index (χ0) is 10.3. The predicted octanol–water partition coefficient (Wildman–Crippen LogP) is 1.39. The Kier molecular flexibility index (Phi) is 1.89. The van der Waals surface area contributed by atoms with E-state index in [0.29, 0.717) is 11.3 Å². The lowest BCUT2D eigenvalue weighted by Crippen LogP contribution is -2.05. The zero-order valence-corrected chi connectivity index (χ0v) is 7.99. The second-order valence-electron chi connectivity index (χ2n) is 2.78. The summed E-state index contributed by atoms with van der Waals surface area (Å²) in [5.74, 6) is -1.07. The topological polar surface area (TPSA) is 67.5 Å². The van der Waals surface area contributed by atoms with Gasteiger partial charge in [0.2, 0.25) is 0 Å². The third kappa shape index (κ3) is 1.22. The highest BCUT2D eigenvalue weighted by Crippen LogP contribution is 2.12. The maximum Gasteiger partial charge on any atom is 0.356 e. The summed E-state index contributed by atoms with van der Waals surface area (Å²) >= 11 is 5.65. The molecule has 2 aromatic rings. The van der Waals surface area contributed by atoms with Gasteiger partial charge < -0.3 is 5.11 Å². The summed E-state index contributed by atoms with van der Waals surface area (Å²) in [4.78, 5) is 14.9. The van der Waals surface area contributed by atoms with Crippen LogP contribution in [0.5, 0.6) is 0 Å². The number of rotatable bonds is 1. The van der Waals surface area contributed by atoms with Crippen LogP contribution in [0.1, 0.15) is 16.2 Å². The minimum atomic E-state index is -1.07. The summed E-state index contributed by atoms with van der Waals surface area (Å²) in [7, 11) is 0. The molecule has 72 valence electrons. The Hall–Kier alpha value is -1.62. The van der Waals surface area contributed by atoms with Gasteiger partial charge in [0.25, 0.3) is 0 Å². The molecule has 0 atom stereocenters. The van der Waals surface area contributed by atoms with Crippen LogP contribution >= 0.6 is 11.6 Å². The molecule has 0 amide bonds. The number of aromatic carboxylic acids is 1. The van der Waals surface area contributed by atoms with E-state index < -0.39 is 5.97 Å². The van der Waals surface area contributed by atoms with E-state index in [4.69, 9.17) is 16.7 Å². The van der Waals surface area contributed by atoms with E-state index in [-0.39, 0.29) is 10.8 Å². The van der Waals surface area contributed by atoms with E-state index >= 15 is 0 Å². The summed E-state index contributed by atoms with van der Waals surface area (Å²) < 4.78 is 1.22. The van der Waals surface area contributed by atoms with Gasteiger partial charge in [-0.1, -0.05) is 11.6 Å². The van der Waals surface area contributed by atoms with Gasteiger partial charge in [0.1, 0.15) is 5.15 Å². The largest absolute Gasteiger partial charge is 0.476 e. The molecule has 2 aromatic heterocycles. The SMILES string of the molecule is Cc1nc2ccc(Cl)nn2c1C(=O)O. The van der Waals surface area contributed by atoms with Gasteiger partial charge in [-0.25, -0.2) is 14.3 Å². The number of hydrogen-bond acceptors (Lipinski definition) is 3. The van der Waals surface area contributed by atoms with Gasteiger partial charge in [-0.05, 0) is 19.1 Å². The maximum atomic E-state index is 10.9. The molecule has 6 heteroatoms. The molecule has 0 spiro atoms. The summed E-state index contributed by atoms with van der Waals surface area (Å²) in [5.41, 5.74) is 0.944. The van der Waals surface area contributed by atoms with Crippen LogP contribution in [-0.2, 0) is 0 Å². The van der Waals surface area contributed by atoms with E-state index in [9.17, 15) is 4.79 Å². The van der Waals surface area contributed by atoms with Crippen LogP contribution in [0, 0.1) is 6.92 Å². The van der Waals surface area contributed by atoms with E-state index in [0.717, 1.165) is 0 Å². The maximum absolute atomic E-state index is 10.9. The molecule has 0 unspecified atom stereocenters. The smallest absolute Gasteiger partial charge is 0.356 e. The second-order valence-corrected chi connectivity index (χ2v) is 3.16. The Labute approximate surface area is 83.9 Å². The number of carboxylic acids is 1. The summed E-state index contributed by atoms with van der Waals surface area (Å²) in [6.45, 7) is 1.62. The normalized spacial score (nSPS) is 10.7. The molecule has 0 fully saturated rings. The quantitative estimate of drug-likeness (QED) is 0.774. The van der Waals surface area contributed by atoms with Gasteiger partial charge >= 0.3 is 5.97 Å². The molecule has 0 aromatic carbocycles. The van der Waals surface area contributed by atoms with E-state index in [1.165, 1.54) is 4.52 Å². The Morgan fingerprint density at radius 1 is 1.57 bits per heavy atom. The Morgan fingerprint density at radius 2 is 2.29 bits per heavy atom. The molecule has 0 aliphatic heterocycles. The van der Waals surface area contributed by atoms with Crippen LogP contribution in [0.2, 0.25) is 5.15 Å². The highest BCUT2D eigenvalue weighted by atomic mass is 35.5. The highest BCUT2D eigenvalue weighted by Gasteiger charge is 2.16. The molecule has 1 N–H and O–H groups in total. The number of carboxylic acid groups (broad SMARTS) is 1. The molecular weight excluding hydrogens is 206 g/mol. The lowest BCUT2D eigenvalue weighted by molar-refractivity contribution is 0.0687. The number of nitrogens with zero attached hydrogens (tertiary/aromatic N) is 3. The number of hydrogen-bond donors (Lipinski definition) is 1. The first-order valence-electron chi connectivity index (χ1n) is 3.85. The highest BCUT2D eigenvalue weighted by molar-refractivity contribution is 6.29. The zero-order valence-electron chi connectivity index (χ0n) is 7.23. The first-order valence-corrected chi connectivity index (χ1v) is 4.22. The van der Waals surface area contributed by atoms with Crippen molar-refractivity contribution in [2.75, 3.05) is 0 Å². The van der Waals surface area contributed by atoms with Crippen molar-refractivity contribution in [2.24, 2.45) is 0 Å². The van der Waals surface area contributed by atoms with Crippen LogP contribution in [0.15, 0.2) is 12.1 Å². The number of halogens is 1. The molecule has 5 nitrogen and oxygen atoms in total. The predicted molar refractivity (Wildman–Crippen MR) is 49.7 cm³/mol. The monoisotopic (exact) mass is 211 g/mol. The van der Waals surface area contributed by atoms with Crippen LogP contribution < -0.4 is 0 Å². The number of aryl methyl sites for hydroxylation is 1. The van der Waals surface area contributed by atoms with Crippen LogP contribution in [0.3, 0.4) is 0 Å². The first kappa shape index (κ1) is 8.96.